The number of hydrogen-bond acceptors (Lipinski definition) is 3. The zero-order chi connectivity index (χ0) is 8.55. The third kappa shape index (κ3) is 1.18. The van der Waals surface area contributed by atoms with E-state index in [2.05, 4.69) is 15.5 Å². The summed E-state index contributed by atoms with van der Waals surface area (Å²) >= 11 is 0. The Morgan fingerprint density at radius 1 is 1.58 bits per heavy atom. The summed E-state index contributed by atoms with van der Waals surface area (Å²) in [6.45, 7) is 2.87. The third-order valence-electron chi connectivity index (χ3n) is 1.64. The van der Waals surface area contributed by atoms with Gasteiger partial charge >= 0.3 is 0 Å². The van der Waals surface area contributed by atoms with Crippen LogP contribution in [0.3, 0.4) is 0 Å². The molecule has 0 aromatic carbocycles. The predicted octanol–water partition coefficient (Wildman–Crippen LogP) is 1.00. The monoisotopic (exact) mass is 164 g/mol. The molecule has 2 heterocycles. The molecule has 0 N–H and O–H groups in total. The van der Waals surface area contributed by atoms with Crippen molar-refractivity contribution in [1.29, 1.82) is 0 Å². The van der Waals surface area contributed by atoms with E-state index >= 15 is 0 Å². The molecule has 0 aliphatic carbocycles. The van der Waals surface area contributed by atoms with Crippen molar-refractivity contribution in [3.63, 3.8) is 0 Å². The molecule has 64 valence electrons. The molecule has 1 aliphatic rings. The van der Waals surface area contributed by atoms with Crippen LogP contribution < -0.4 is 0 Å². The molecule has 0 radical (unpaired) electrons. The molecule has 0 saturated heterocycles. The minimum atomic E-state index is 0.634. The molecule has 5 heteroatoms. The van der Waals surface area contributed by atoms with Crippen molar-refractivity contribution in [2.45, 2.75) is 6.92 Å². The van der Waals surface area contributed by atoms with Gasteiger partial charge in [0.2, 0.25) is 0 Å². The van der Waals surface area contributed by atoms with Crippen LogP contribution in [-0.4, -0.2) is 33.4 Å². The number of aromatic nitrogens is 3. The molecule has 0 saturated carbocycles. The van der Waals surface area contributed by atoms with Crippen LogP contribution in [-0.2, 0) is 0 Å². The largest absolute Gasteiger partial charge is 0.346 e. The molecule has 12 heavy (non-hydrogen) atoms. The van der Waals surface area contributed by atoms with Crippen LogP contribution in [0.25, 0.3) is 11.6 Å². The number of nitrogens with zero attached hydrogens (tertiary/aromatic N) is 5. The normalized spacial score (nSPS) is 17.7. The number of rotatable bonds is 0. The first-order chi connectivity index (χ1) is 5.75. The average Bonchev–Trinajstić information content (AvgIpc) is 2.31. The van der Waals surface area contributed by atoms with E-state index in [0.717, 1.165) is 6.54 Å². The number of fused-ring (bicyclic) bond motifs is 1. The van der Waals surface area contributed by atoms with E-state index in [1.54, 1.807) is 4.68 Å². The van der Waals surface area contributed by atoms with Gasteiger partial charge in [-0.15, -0.1) is 0 Å². The maximum atomic E-state index is 4.22. The summed E-state index contributed by atoms with van der Waals surface area (Å²) in [4.78, 5) is 4.00. The van der Waals surface area contributed by atoms with Crippen molar-refractivity contribution >= 4 is 12.1 Å². The third-order valence-corrected chi connectivity index (χ3v) is 1.64. The van der Waals surface area contributed by atoms with E-state index in [4.69, 9.17) is 0 Å². The summed E-state index contributed by atoms with van der Waals surface area (Å²) in [6, 6.07) is 0. The second-order valence-corrected chi connectivity index (χ2v) is 2.90. The highest BCUT2D eigenvalue weighted by Gasteiger charge is 2.02. The van der Waals surface area contributed by atoms with Crippen molar-refractivity contribution in [3.8, 4) is 0 Å². The van der Waals surface area contributed by atoms with E-state index in [1.165, 1.54) is 11.9 Å². The average molecular weight is 164 g/mol. The highest BCUT2D eigenvalue weighted by Crippen LogP contribution is 2.20. The fraction of sp³-hybridized carbons (Fsp3) is 0.429. The van der Waals surface area contributed by atoms with Gasteiger partial charge in [-0.25, -0.2) is 5.10 Å². The molecule has 5 nitrogen and oxygen atoms in total. The second kappa shape index (κ2) is 2.60. The Kier molecular flexibility index (Phi) is 1.58. The van der Waals surface area contributed by atoms with E-state index in [-0.39, 0.29) is 0 Å². The molecule has 2 rings (SSSR count). The molecule has 0 unspecified atom stereocenters. The standard InChI is InChI=1S/C7H10N5/c1-6-3-11(2)10-7-8-5-9-12(7)4-6/h4-5H,3H2,1-2H3/q-1. The lowest BCUT2D eigenvalue weighted by molar-refractivity contribution is 0.473. The van der Waals surface area contributed by atoms with Gasteiger partial charge in [0.05, 0.1) is 12.3 Å². The minimum absolute atomic E-state index is 0.634. The lowest BCUT2D eigenvalue weighted by Crippen LogP contribution is -2.12. The van der Waals surface area contributed by atoms with Crippen molar-refractivity contribution in [3.05, 3.63) is 17.3 Å². The Hall–Kier alpha value is -1.36. The highest BCUT2D eigenvalue weighted by molar-refractivity contribution is 5.43. The number of hydrogen-bond donors (Lipinski definition) is 0. The summed E-state index contributed by atoms with van der Waals surface area (Å²) in [7, 11) is 1.92. The van der Waals surface area contributed by atoms with Gasteiger partial charge in [-0.05, 0) is 20.2 Å². The predicted molar refractivity (Wildman–Crippen MR) is 45.6 cm³/mol. The van der Waals surface area contributed by atoms with Crippen LogP contribution in [0.5, 0.6) is 0 Å². The van der Waals surface area contributed by atoms with Crippen LogP contribution in [0, 0.1) is 0 Å². The summed E-state index contributed by atoms with van der Waals surface area (Å²) in [5, 5.41) is 5.86. The molecule has 1 aromatic rings. The van der Waals surface area contributed by atoms with Crippen molar-refractivity contribution in [2.24, 2.45) is 0 Å². The minimum Gasteiger partial charge on any atom is -0.346 e. The zero-order valence-corrected chi connectivity index (χ0v) is 7.10. The van der Waals surface area contributed by atoms with Gasteiger partial charge < -0.3 is 15.1 Å². The van der Waals surface area contributed by atoms with Gasteiger partial charge in [-0.3, -0.25) is 5.01 Å². The first kappa shape index (κ1) is 7.30. The van der Waals surface area contributed by atoms with Gasteiger partial charge in [0.1, 0.15) is 0 Å². The van der Waals surface area contributed by atoms with Gasteiger partial charge in [0, 0.05) is 6.54 Å². The van der Waals surface area contributed by atoms with E-state index in [1.807, 2.05) is 25.2 Å². The Bertz CT molecular complexity index is 313. The molecule has 0 amide bonds. The summed E-state index contributed by atoms with van der Waals surface area (Å²) in [5.74, 6) is 0.634. The Balaban J connectivity index is 2.41. The van der Waals surface area contributed by atoms with Crippen LogP contribution >= 0.6 is 0 Å². The summed E-state index contributed by atoms with van der Waals surface area (Å²) < 4.78 is 1.68. The Morgan fingerprint density at radius 2 is 2.42 bits per heavy atom. The molecule has 1 aromatic heterocycles. The van der Waals surface area contributed by atoms with Gasteiger partial charge in [-0.1, -0.05) is 5.57 Å². The Morgan fingerprint density at radius 3 is 3.25 bits per heavy atom. The first-order valence-electron chi connectivity index (χ1n) is 3.75. The SMILES string of the molecule is CC1=Cn2ncnc2[N-]N(C)C1. The smallest absolute Gasteiger partial charge is 0.0535 e. The van der Waals surface area contributed by atoms with Crippen LogP contribution in [0.4, 0.5) is 5.95 Å². The Labute approximate surface area is 70.7 Å². The van der Waals surface area contributed by atoms with Gasteiger partial charge in [0.25, 0.3) is 0 Å². The molecular formula is C7H10N5-. The van der Waals surface area contributed by atoms with Crippen molar-refractivity contribution < 1.29 is 0 Å². The fourth-order valence-corrected chi connectivity index (χ4v) is 1.21. The molecule has 0 spiro atoms. The van der Waals surface area contributed by atoms with Crippen LogP contribution in [0.2, 0.25) is 0 Å². The first-order valence-corrected chi connectivity index (χ1v) is 3.75. The maximum absolute atomic E-state index is 4.22. The molecule has 1 aliphatic heterocycles. The number of likely N-dealkylation sites (N-methyl/N-ethyl adjacent to an activating group) is 1. The molecule has 0 atom stereocenters. The lowest BCUT2D eigenvalue weighted by atomic mass is 10.3. The summed E-state index contributed by atoms with van der Waals surface area (Å²) in [6.07, 6.45) is 3.44. The maximum Gasteiger partial charge on any atom is 0.0535 e. The lowest BCUT2D eigenvalue weighted by Gasteiger charge is -2.19. The van der Waals surface area contributed by atoms with Gasteiger partial charge in [-0.2, -0.15) is 0 Å². The van der Waals surface area contributed by atoms with Crippen molar-refractivity contribution in [1.82, 2.24) is 19.8 Å². The van der Waals surface area contributed by atoms with Crippen LogP contribution in [0.15, 0.2) is 11.9 Å². The topological polar surface area (TPSA) is 48.1 Å². The summed E-state index contributed by atoms with van der Waals surface area (Å²) in [5.41, 5.74) is 5.43. The molecule has 0 fully saturated rings. The molecular weight excluding hydrogens is 154 g/mol. The molecule has 0 bridgehead atoms. The highest BCUT2D eigenvalue weighted by atomic mass is 15.6. The van der Waals surface area contributed by atoms with Crippen molar-refractivity contribution in [2.75, 3.05) is 13.6 Å². The van der Waals surface area contributed by atoms with Crippen LogP contribution in [0.1, 0.15) is 6.92 Å². The van der Waals surface area contributed by atoms with E-state index in [9.17, 15) is 0 Å². The van der Waals surface area contributed by atoms with Gasteiger partial charge in [0.15, 0.2) is 0 Å². The van der Waals surface area contributed by atoms with E-state index < -0.39 is 0 Å². The second-order valence-electron chi connectivity index (χ2n) is 2.90. The van der Waals surface area contributed by atoms with E-state index in [0.29, 0.717) is 5.95 Å². The zero-order valence-electron chi connectivity index (χ0n) is 7.10. The fourth-order valence-electron chi connectivity index (χ4n) is 1.21. The quantitative estimate of drug-likeness (QED) is 0.574.